The van der Waals surface area contributed by atoms with Gasteiger partial charge in [0.2, 0.25) is 0 Å². The van der Waals surface area contributed by atoms with Crippen LogP contribution >= 0.6 is 0 Å². The minimum atomic E-state index is 0.171. The molecule has 0 amide bonds. The molecule has 6 rings (SSSR count). The second-order valence-electron chi connectivity index (χ2n) is 15.2. The molecule has 2 radical (unpaired) electrons. The molecule has 4 aromatic carbocycles. The van der Waals surface area contributed by atoms with Crippen molar-refractivity contribution < 1.29 is 0 Å². The van der Waals surface area contributed by atoms with Gasteiger partial charge in [-0.1, -0.05) is 176 Å². The summed E-state index contributed by atoms with van der Waals surface area (Å²) in [7, 11) is 0.931. The average Bonchev–Trinajstić information content (AvgIpc) is 3.58. The summed E-state index contributed by atoms with van der Waals surface area (Å²) in [4.78, 5) is 0. The van der Waals surface area contributed by atoms with E-state index in [1.54, 1.807) is 11.1 Å². The molecule has 1 heteroatoms. The predicted octanol–water partition coefficient (Wildman–Crippen LogP) is 12.6. The molecule has 0 fully saturated rings. The lowest BCUT2D eigenvalue weighted by molar-refractivity contribution is 0.590. The van der Waals surface area contributed by atoms with Crippen molar-refractivity contribution in [2.45, 2.75) is 103 Å². The Morgan fingerprint density at radius 3 is 1.22 bits per heavy atom. The van der Waals surface area contributed by atoms with Crippen LogP contribution in [0.5, 0.6) is 0 Å². The Morgan fingerprint density at radius 1 is 0.511 bits per heavy atom. The second kappa shape index (κ2) is 12.4. The van der Waals surface area contributed by atoms with Crippen LogP contribution in [0.2, 0.25) is 12.1 Å². The summed E-state index contributed by atoms with van der Waals surface area (Å²) >= 11 is 0. The molecule has 2 aliphatic rings. The predicted molar refractivity (Wildman–Crippen MR) is 199 cm³/mol. The van der Waals surface area contributed by atoms with Crippen molar-refractivity contribution in [1.82, 2.24) is 0 Å². The molecule has 2 aliphatic carbocycles. The fourth-order valence-corrected chi connectivity index (χ4v) is 9.13. The topological polar surface area (TPSA) is 0 Å². The van der Waals surface area contributed by atoms with Crippen molar-refractivity contribution in [3.05, 3.63) is 129 Å². The third-order valence-corrected chi connectivity index (χ3v) is 11.6. The molecule has 0 bridgehead atoms. The van der Waals surface area contributed by atoms with E-state index in [2.05, 4.69) is 152 Å². The molecule has 2 unspecified atom stereocenters. The maximum Gasteiger partial charge on any atom is 0.0397 e. The Labute approximate surface area is 275 Å². The van der Waals surface area contributed by atoms with Crippen molar-refractivity contribution in [3.8, 4) is 22.3 Å². The standard InChI is InChI=1S/C44H50Si/c1-9-29-25-39-35(31-17-21-33(22-18-31)43(3,4)5)13-11-15-37(39)41(29)27-45-28-42-30(10-2)26-40-36(14-12-16-38(40)42)32-19-23-34(24-20-32)44(6,7)8/h11-26,41-42H,9-10,27-28H2,1-8H3. The second-order valence-corrected chi connectivity index (χ2v) is 16.5. The highest BCUT2D eigenvalue weighted by atomic mass is 28.2. The molecule has 0 aromatic heterocycles. The quantitative estimate of drug-likeness (QED) is 0.175. The number of rotatable bonds is 8. The van der Waals surface area contributed by atoms with Gasteiger partial charge in [-0.15, -0.1) is 0 Å². The molecular formula is C44H50Si. The van der Waals surface area contributed by atoms with Crippen molar-refractivity contribution in [2.75, 3.05) is 0 Å². The van der Waals surface area contributed by atoms with Gasteiger partial charge in [0.05, 0.1) is 0 Å². The molecule has 0 saturated carbocycles. The number of fused-ring (bicyclic) bond motifs is 2. The van der Waals surface area contributed by atoms with Crippen LogP contribution in [0.15, 0.2) is 96.1 Å². The molecule has 2 atom stereocenters. The van der Waals surface area contributed by atoms with Gasteiger partial charge in [0.1, 0.15) is 0 Å². The first-order valence-corrected chi connectivity index (χ1v) is 18.5. The normalized spacial score (nSPS) is 17.6. The highest BCUT2D eigenvalue weighted by Gasteiger charge is 2.29. The average molecular weight is 607 g/mol. The van der Waals surface area contributed by atoms with E-state index < -0.39 is 0 Å². The van der Waals surface area contributed by atoms with Gasteiger partial charge in [-0.25, -0.2) is 0 Å². The Bertz CT molecular complexity index is 1600. The lowest BCUT2D eigenvalue weighted by Crippen LogP contribution is -2.10. The molecule has 0 heterocycles. The highest BCUT2D eigenvalue weighted by molar-refractivity contribution is 6.36. The van der Waals surface area contributed by atoms with Crippen LogP contribution < -0.4 is 0 Å². The van der Waals surface area contributed by atoms with E-state index in [9.17, 15) is 0 Å². The molecule has 45 heavy (non-hydrogen) atoms. The van der Waals surface area contributed by atoms with Gasteiger partial charge in [-0.05, 0) is 79.3 Å². The highest BCUT2D eigenvalue weighted by Crippen LogP contribution is 2.47. The number of hydrogen-bond donors (Lipinski definition) is 0. The van der Waals surface area contributed by atoms with Crippen LogP contribution in [0, 0.1) is 0 Å². The van der Waals surface area contributed by atoms with Crippen LogP contribution in [0.1, 0.15) is 113 Å². The molecule has 0 N–H and O–H groups in total. The first kappa shape index (κ1) is 31.6. The van der Waals surface area contributed by atoms with Gasteiger partial charge in [0.25, 0.3) is 0 Å². The van der Waals surface area contributed by atoms with E-state index >= 15 is 0 Å². The third-order valence-electron chi connectivity index (χ3n) is 10.2. The number of benzene rings is 4. The zero-order valence-corrected chi connectivity index (χ0v) is 29.7. The monoisotopic (exact) mass is 606 g/mol. The van der Waals surface area contributed by atoms with Gasteiger partial charge in [0, 0.05) is 21.4 Å². The van der Waals surface area contributed by atoms with Gasteiger partial charge in [-0.2, -0.15) is 0 Å². The zero-order chi connectivity index (χ0) is 31.9. The summed E-state index contributed by atoms with van der Waals surface area (Å²) in [5.74, 6) is 1.08. The minimum absolute atomic E-state index is 0.171. The summed E-state index contributed by atoms with van der Waals surface area (Å²) in [5, 5.41) is 0. The number of hydrogen-bond acceptors (Lipinski definition) is 0. The summed E-state index contributed by atoms with van der Waals surface area (Å²) in [6.45, 7) is 18.4. The first-order chi connectivity index (χ1) is 21.5. The Balaban J connectivity index is 1.21. The lowest BCUT2D eigenvalue weighted by atomic mass is 9.85. The van der Waals surface area contributed by atoms with Crippen molar-refractivity contribution >= 4 is 21.7 Å². The summed E-state index contributed by atoms with van der Waals surface area (Å²) in [6, 6.07) is 35.1. The maximum absolute atomic E-state index is 2.52. The summed E-state index contributed by atoms with van der Waals surface area (Å²) in [6.07, 6.45) is 7.29. The molecule has 0 saturated heterocycles. The van der Waals surface area contributed by atoms with E-state index in [-0.39, 0.29) is 10.8 Å². The van der Waals surface area contributed by atoms with Gasteiger partial charge in [0.15, 0.2) is 0 Å². The molecule has 230 valence electrons. The summed E-state index contributed by atoms with van der Waals surface area (Å²) < 4.78 is 0. The van der Waals surface area contributed by atoms with E-state index in [1.807, 2.05) is 0 Å². The smallest absolute Gasteiger partial charge is 0.0397 e. The molecular weight excluding hydrogens is 557 g/mol. The van der Waals surface area contributed by atoms with E-state index in [0.717, 1.165) is 22.4 Å². The van der Waals surface area contributed by atoms with E-state index in [0.29, 0.717) is 11.8 Å². The maximum atomic E-state index is 2.52. The van der Waals surface area contributed by atoms with Crippen LogP contribution in [0.4, 0.5) is 0 Å². The fraction of sp³-hybridized carbons (Fsp3) is 0.364. The molecule has 4 aromatic rings. The Hall–Kier alpha value is -3.42. The first-order valence-electron chi connectivity index (χ1n) is 17.1. The van der Waals surface area contributed by atoms with Crippen LogP contribution in [-0.2, 0) is 10.8 Å². The zero-order valence-electron chi connectivity index (χ0n) is 28.7. The van der Waals surface area contributed by atoms with Gasteiger partial charge in [-0.3, -0.25) is 0 Å². The Morgan fingerprint density at radius 2 is 0.889 bits per heavy atom. The van der Waals surface area contributed by atoms with Crippen molar-refractivity contribution in [3.63, 3.8) is 0 Å². The molecule has 0 nitrogen and oxygen atoms in total. The SMILES string of the molecule is CCC1=Cc2c(-c3ccc(C(C)(C)C)cc3)cccc2C1C[Si]CC1C(CC)=Cc2c(-c3ccc(C(C)(C)C)cc3)cccc21. The molecule has 0 spiro atoms. The number of allylic oxidation sites excluding steroid dienone is 2. The van der Waals surface area contributed by atoms with Gasteiger partial charge >= 0.3 is 0 Å². The lowest BCUT2D eigenvalue weighted by Gasteiger charge is -2.21. The fourth-order valence-electron chi connectivity index (χ4n) is 7.42. The van der Waals surface area contributed by atoms with Crippen LogP contribution in [0.3, 0.4) is 0 Å². The largest absolute Gasteiger partial charge is 0.0626 e. The molecule has 0 aliphatic heterocycles. The Kier molecular flexibility index (Phi) is 8.70. The van der Waals surface area contributed by atoms with Crippen LogP contribution in [-0.4, -0.2) is 9.52 Å². The van der Waals surface area contributed by atoms with E-state index in [1.165, 1.54) is 67.7 Å². The third kappa shape index (κ3) is 6.21. The van der Waals surface area contributed by atoms with Gasteiger partial charge < -0.3 is 0 Å². The van der Waals surface area contributed by atoms with Crippen LogP contribution in [0.25, 0.3) is 34.4 Å². The van der Waals surface area contributed by atoms with E-state index in [4.69, 9.17) is 0 Å². The van der Waals surface area contributed by atoms with Crippen molar-refractivity contribution in [1.29, 1.82) is 0 Å². The van der Waals surface area contributed by atoms with Crippen molar-refractivity contribution in [2.24, 2.45) is 0 Å². The minimum Gasteiger partial charge on any atom is -0.0626 e. The summed E-state index contributed by atoms with van der Waals surface area (Å²) in [5.41, 5.74) is 17.8.